The topological polar surface area (TPSA) is 64.6 Å². The van der Waals surface area contributed by atoms with Crippen LogP contribution in [0.1, 0.15) is 13.8 Å². The van der Waals surface area contributed by atoms with Crippen LogP contribution in [-0.2, 0) is 19.1 Å². The van der Waals surface area contributed by atoms with Crippen LogP contribution in [-0.4, -0.2) is 25.2 Å². The van der Waals surface area contributed by atoms with Gasteiger partial charge in [0.2, 0.25) is 0 Å². The van der Waals surface area contributed by atoms with E-state index in [0.29, 0.717) is 15.7 Å². The van der Waals surface area contributed by atoms with Crippen molar-refractivity contribution in [2.24, 2.45) is 0 Å². The molecule has 0 radical (unpaired) electrons. The Bertz CT molecular complexity index is 538. The van der Waals surface area contributed by atoms with Crippen LogP contribution in [0.4, 0.5) is 5.69 Å². The van der Waals surface area contributed by atoms with Crippen LogP contribution in [0.2, 0.25) is 10.0 Å². The number of esters is 2. The molecule has 0 heterocycles. The molecule has 0 aliphatic rings. The van der Waals surface area contributed by atoms with Gasteiger partial charge in [-0.2, -0.15) is 0 Å². The summed E-state index contributed by atoms with van der Waals surface area (Å²) in [6, 6.07) is 4.81. The number of rotatable bonds is 6. The minimum absolute atomic E-state index is 0.155. The fraction of sp³-hybridized carbons (Fsp3) is 0.286. The van der Waals surface area contributed by atoms with Crippen LogP contribution in [0, 0.1) is 0 Å². The highest BCUT2D eigenvalue weighted by molar-refractivity contribution is 6.42. The molecule has 114 valence electrons. The van der Waals surface area contributed by atoms with Gasteiger partial charge in [0, 0.05) is 11.9 Å². The van der Waals surface area contributed by atoms with E-state index >= 15 is 0 Å². The molecule has 0 amide bonds. The molecule has 0 atom stereocenters. The summed E-state index contributed by atoms with van der Waals surface area (Å²) in [5.74, 6) is -1.52. The van der Waals surface area contributed by atoms with E-state index in [-0.39, 0.29) is 18.8 Å². The van der Waals surface area contributed by atoms with E-state index in [1.54, 1.807) is 32.0 Å². The summed E-state index contributed by atoms with van der Waals surface area (Å²) in [7, 11) is 0. The number of halogens is 2. The molecule has 1 aromatic rings. The van der Waals surface area contributed by atoms with Crippen LogP contribution in [0.3, 0.4) is 0 Å². The predicted molar refractivity (Wildman–Crippen MR) is 81.4 cm³/mol. The molecule has 1 aromatic carbocycles. The fourth-order valence-corrected chi connectivity index (χ4v) is 1.66. The van der Waals surface area contributed by atoms with Crippen molar-refractivity contribution in [1.82, 2.24) is 0 Å². The maximum absolute atomic E-state index is 11.7. The highest BCUT2D eigenvalue weighted by atomic mass is 35.5. The number of benzene rings is 1. The second-order valence-corrected chi connectivity index (χ2v) is 4.59. The number of nitrogens with one attached hydrogen (secondary N) is 1. The Hall–Kier alpha value is -1.72. The smallest absolute Gasteiger partial charge is 0.347 e. The van der Waals surface area contributed by atoms with E-state index < -0.39 is 11.9 Å². The predicted octanol–water partition coefficient (Wildman–Crippen LogP) is 3.42. The standard InChI is InChI=1S/C14H15Cl2NO4/c1-3-20-13(18)10(14(19)21-4-2)8-17-9-5-6-11(15)12(16)7-9/h5-8,17H,3-4H2,1-2H3. The maximum atomic E-state index is 11.7. The highest BCUT2D eigenvalue weighted by Gasteiger charge is 2.20. The second-order valence-electron chi connectivity index (χ2n) is 3.77. The van der Waals surface area contributed by atoms with Gasteiger partial charge in [-0.15, -0.1) is 0 Å². The first-order chi connectivity index (χ1) is 9.99. The van der Waals surface area contributed by atoms with Crippen molar-refractivity contribution < 1.29 is 19.1 Å². The van der Waals surface area contributed by atoms with Crippen molar-refractivity contribution >= 4 is 40.8 Å². The third-order valence-corrected chi connectivity index (χ3v) is 3.03. The first kappa shape index (κ1) is 17.3. The molecule has 0 saturated heterocycles. The quantitative estimate of drug-likeness (QED) is 0.374. The molecule has 0 fully saturated rings. The molecule has 1 N–H and O–H groups in total. The summed E-state index contributed by atoms with van der Waals surface area (Å²) in [4.78, 5) is 23.4. The molecule has 7 heteroatoms. The summed E-state index contributed by atoms with van der Waals surface area (Å²) in [5, 5.41) is 3.54. The molecule has 21 heavy (non-hydrogen) atoms. The number of carbonyl (C=O) groups excluding carboxylic acids is 2. The molecular formula is C14H15Cl2NO4. The number of ether oxygens (including phenoxy) is 2. The van der Waals surface area contributed by atoms with Crippen molar-refractivity contribution in [3.63, 3.8) is 0 Å². The average Bonchev–Trinajstić information content (AvgIpc) is 2.43. The van der Waals surface area contributed by atoms with Crippen LogP contribution >= 0.6 is 23.2 Å². The molecule has 0 unspecified atom stereocenters. The lowest BCUT2D eigenvalue weighted by molar-refractivity contribution is -0.146. The summed E-state index contributed by atoms with van der Waals surface area (Å²) in [6.45, 7) is 3.60. The zero-order valence-corrected chi connectivity index (χ0v) is 13.1. The van der Waals surface area contributed by atoms with Crippen LogP contribution in [0.15, 0.2) is 30.0 Å². The first-order valence-corrected chi connectivity index (χ1v) is 7.01. The van der Waals surface area contributed by atoms with Crippen molar-refractivity contribution in [3.8, 4) is 0 Å². The second kappa shape index (κ2) is 8.54. The number of hydrogen-bond acceptors (Lipinski definition) is 5. The van der Waals surface area contributed by atoms with Gasteiger partial charge in [0.05, 0.1) is 23.3 Å². The Labute approximate surface area is 132 Å². The van der Waals surface area contributed by atoms with Crippen molar-refractivity contribution in [2.75, 3.05) is 18.5 Å². The van der Waals surface area contributed by atoms with Crippen molar-refractivity contribution in [3.05, 3.63) is 40.0 Å². The van der Waals surface area contributed by atoms with Gasteiger partial charge in [-0.05, 0) is 32.0 Å². The van der Waals surface area contributed by atoms with Gasteiger partial charge in [0.1, 0.15) is 0 Å². The fourth-order valence-electron chi connectivity index (χ4n) is 1.36. The highest BCUT2D eigenvalue weighted by Crippen LogP contribution is 2.25. The summed E-state index contributed by atoms with van der Waals surface area (Å²) >= 11 is 11.7. The van der Waals surface area contributed by atoms with Crippen molar-refractivity contribution in [2.45, 2.75) is 13.8 Å². The molecule has 0 aliphatic carbocycles. The third-order valence-electron chi connectivity index (χ3n) is 2.29. The van der Waals surface area contributed by atoms with E-state index in [9.17, 15) is 9.59 Å². The minimum atomic E-state index is -0.761. The van der Waals surface area contributed by atoms with Crippen molar-refractivity contribution in [1.29, 1.82) is 0 Å². The van der Waals surface area contributed by atoms with E-state index in [2.05, 4.69) is 5.32 Å². The lowest BCUT2D eigenvalue weighted by atomic mass is 10.2. The number of hydrogen-bond donors (Lipinski definition) is 1. The van der Waals surface area contributed by atoms with Gasteiger partial charge in [-0.1, -0.05) is 23.2 Å². The summed E-state index contributed by atoms with van der Waals surface area (Å²) in [5.41, 5.74) is 0.334. The molecular weight excluding hydrogens is 317 g/mol. The van der Waals surface area contributed by atoms with E-state index in [1.807, 2.05) is 0 Å². The molecule has 0 spiro atoms. The van der Waals surface area contributed by atoms with Crippen LogP contribution in [0.5, 0.6) is 0 Å². The molecule has 0 aromatic heterocycles. The Balaban J connectivity index is 2.93. The van der Waals surface area contributed by atoms with E-state index in [4.69, 9.17) is 32.7 Å². The number of anilines is 1. The largest absolute Gasteiger partial charge is 0.462 e. The Kier molecular flexibility index (Phi) is 7.05. The van der Waals surface area contributed by atoms with Crippen LogP contribution < -0.4 is 5.32 Å². The summed E-state index contributed by atoms with van der Waals surface area (Å²) in [6.07, 6.45) is 1.22. The normalized spacial score (nSPS) is 9.71. The van der Waals surface area contributed by atoms with Gasteiger partial charge in [-0.3, -0.25) is 0 Å². The van der Waals surface area contributed by atoms with Crippen LogP contribution in [0.25, 0.3) is 0 Å². The first-order valence-electron chi connectivity index (χ1n) is 6.25. The lowest BCUT2D eigenvalue weighted by Gasteiger charge is -2.08. The van der Waals surface area contributed by atoms with Gasteiger partial charge in [0.15, 0.2) is 5.57 Å². The van der Waals surface area contributed by atoms with Gasteiger partial charge >= 0.3 is 11.9 Å². The zero-order valence-electron chi connectivity index (χ0n) is 11.6. The monoisotopic (exact) mass is 331 g/mol. The minimum Gasteiger partial charge on any atom is -0.462 e. The molecule has 0 saturated carbocycles. The lowest BCUT2D eigenvalue weighted by Crippen LogP contribution is -2.19. The molecule has 0 bridgehead atoms. The average molecular weight is 332 g/mol. The van der Waals surface area contributed by atoms with Gasteiger partial charge in [0.25, 0.3) is 0 Å². The Morgan fingerprint density at radius 2 is 1.67 bits per heavy atom. The number of carbonyl (C=O) groups is 2. The van der Waals surface area contributed by atoms with E-state index in [0.717, 1.165) is 0 Å². The Morgan fingerprint density at radius 3 is 2.14 bits per heavy atom. The maximum Gasteiger partial charge on any atom is 0.347 e. The third kappa shape index (κ3) is 5.28. The van der Waals surface area contributed by atoms with Gasteiger partial charge < -0.3 is 14.8 Å². The SMILES string of the molecule is CCOC(=O)C(=CNc1ccc(Cl)c(Cl)c1)C(=O)OCC. The molecule has 0 aliphatic heterocycles. The Morgan fingerprint density at radius 1 is 1.10 bits per heavy atom. The molecule has 1 rings (SSSR count). The molecule has 5 nitrogen and oxygen atoms in total. The summed E-state index contributed by atoms with van der Waals surface area (Å²) < 4.78 is 9.62. The zero-order chi connectivity index (χ0) is 15.8. The van der Waals surface area contributed by atoms with Gasteiger partial charge in [-0.25, -0.2) is 9.59 Å². The van der Waals surface area contributed by atoms with E-state index in [1.165, 1.54) is 6.20 Å².